The molecule has 1 N–H and O–H groups in total. The average molecular weight is 351 g/mol. The minimum absolute atomic E-state index is 0. The van der Waals surface area contributed by atoms with Crippen molar-refractivity contribution in [2.24, 2.45) is 0 Å². The van der Waals surface area contributed by atoms with Crippen LogP contribution < -0.4 is 5.32 Å². The Morgan fingerprint density at radius 1 is 0.957 bits per heavy atom. The summed E-state index contributed by atoms with van der Waals surface area (Å²) in [4.78, 5) is 2.58. The Labute approximate surface area is 150 Å². The van der Waals surface area contributed by atoms with Crippen molar-refractivity contribution >= 4 is 29.7 Å². The van der Waals surface area contributed by atoms with Crippen molar-refractivity contribution in [1.29, 1.82) is 0 Å². The van der Waals surface area contributed by atoms with Gasteiger partial charge in [0.2, 0.25) is 0 Å². The summed E-state index contributed by atoms with van der Waals surface area (Å²) in [6.45, 7) is 3.52. The molecule has 1 saturated heterocycles. The van der Waals surface area contributed by atoms with Crippen LogP contribution in [0.15, 0.2) is 54.6 Å². The van der Waals surface area contributed by atoms with Crippen molar-refractivity contribution in [3.63, 3.8) is 0 Å². The van der Waals surface area contributed by atoms with Crippen LogP contribution in [-0.2, 0) is 6.42 Å². The molecular formula is C19H24Cl2N2. The normalized spacial score (nSPS) is 15.9. The van der Waals surface area contributed by atoms with E-state index in [1.54, 1.807) is 0 Å². The van der Waals surface area contributed by atoms with Crippen LogP contribution in [0.25, 0.3) is 0 Å². The smallest absolute Gasteiger partial charge is 0.0407 e. The van der Waals surface area contributed by atoms with E-state index in [1.807, 2.05) is 12.1 Å². The van der Waals surface area contributed by atoms with Crippen molar-refractivity contribution in [2.45, 2.75) is 25.3 Å². The van der Waals surface area contributed by atoms with Crippen molar-refractivity contribution in [2.75, 3.05) is 25.0 Å². The Morgan fingerprint density at radius 3 is 2.26 bits per heavy atom. The number of rotatable bonds is 5. The predicted octanol–water partition coefficient (Wildman–Crippen LogP) is 4.88. The summed E-state index contributed by atoms with van der Waals surface area (Å²) >= 11 is 5.92. The number of likely N-dealkylation sites (tertiary alicyclic amines) is 1. The monoisotopic (exact) mass is 350 g/mol. The summed E-state index contributed by atoms with van der Waals surface area (Å²) in [6.07, 6.45) is 3.56. The van der Waals surface area contributed by atoms with Crippen molar-refractivity contribution in [1.82, 2.24) is 4.90 Å². The zero-order chi connectivity index (χ0) is 15.2. The lowest BCUT2D eigenvalue weighted by atomic mass is 10.0. The quantitative estimate of drug-likeness (QED) is 0.826. The number of piperidine rings is 1. The van der Waals surface area contributed by atoms with Crippen LogP contribution in [0.3, 0.4) is 0 Å². The summed E-state index contributed by atoms with van der Waals surface area (Å²) in [5.41, 5.74) is 2.61. The van der Waals surface area contributed by atoms with E-state index in [2.05, 4.69) is 52.7 Å². The van der Waals surface area contributed by atoms with Crippen molar-refractivity contribution in [3.8, 4) is 0 Å². The minimum Gasteiger partial charge on any atom is -0.382 e. The highest BCUT2D eigenvalue weighted by atomic mass is 35.5. The van der Waals surface area contributed by atoms with Crippen LogP contribution in [0.1, 0.15) is 18.4 Å². The maximum atomic E-state index is 5.92. The zero-order valence-corrected chi connectivity index (χ0v) is 14.8. The van der Waals surface area contributed by atoms with E-state index in [4.69, 9.17) is 11.6 Å². The first kappa shape index (κ1) is 18.1. The SMILES string of the molecule is Cl.Clc1ccc(NC2CCN(CCc3ccccc3)CC2)cc1. The Hall–Kier alpha value is -1.22. The van der Waals surface area contributed by atoms with Gasteiger partial charge in [-0.05, 0) is 49.1 Å². The third kappa shape index (κ3) is 5.72. The van der Waals surface area contributed by atoms with E-state index in [0.717, 1.165) is 18.0 Å². The molecule has 0 amide bonds. The molecule has 0 unspecified atom stereocenters. The Morgan fingerprint density at radius 2 is 1.61 bits per heavy atom. The van der Waals surface area contributed by atoms with E-state index in [9.17, 15) is 0 Å². The first-order valence-corrected chi connectivity index (χ1v) is 8.46. The van der Waals surface area contributed by atoms with Gasteiger partial charge in [0.25, 0.3) is 0 Å². The molecule has 4 heteroatoms. The van der Waals surface area contributed by atoms with Gasteiger partial charge in [-0.15, -0.1) is 12.4 Å². The van der Waals surface area contributed by atoms with Gasteiger partial charge >= 0.3 is 0 Å². The lowest BCUT2D eigenvalue weighted by Crippen LogP contribution is -2.40. The molecule has 2 nitrogen and oxygen atoms in total. The zero-order valence-electron chi connectivity index (χ0n) is 13.2. The predicted molar refractivity (Wildman–Crippen MR) is 102 cm³/mol. The van der Waals surface area contributed by atoms with Gasteiger partial charge < -0.3 is 10.2 Å². The molecular weight excluding hydrogens is 327 g/mol. The van der Waals surface area contributed by atoms with Gasteiger partial charge in [0.05, 0.1) is 0 Å². The topological polar surface area (TPSA) is 15.3 Å². The number of hydrogen-bond acceptors (Lipinski definition) is 2. The van der Waals surface area contributed by atoms with Crippen LogP contribution in [0.5, 0.6) is 0 Å². The van der Waals surface area contributed by atoms with Gasteiger partial charge in [0.1, 0.15) is 0 Å². The van der Waals surface area contributed by atoms with E-state index < -0.39 is 0 Å². The van der Waals surface area contributed by atoms with Gasteiger partial charge in [0.15, 0.2) is 0 Å². The van der Waals surface area contributed by atoms with Crippen LogP contribution >= 0.6 is 24.0 Å². The fourth-order valence-electron chi connectivity index (χ4n) is 3.01. The van der Waals surface area contributed by atoms with Crippen molar-refractivity contribution < 1.29 is 0 Å². The number of anilines is 1. The van der Waals surface area contributed by atoms with Gasteiger partial charge in [-0.3, -0.25) is 0 Å². The van der Waals surface area contributed by atoms with E-state index in [0.29, 0.717) is 6.04 Å². The van der Waals surface area contributed by atoms with Gasteiger partial charge in [-0.2, -0.15) is 0 Å². The van der Waals surface area contributed by atoms with E-state index in [1.165, 1.54) is 37.2 Å². The largest absolute Gasteiger partial charge is 0.382 e. The Balaban J connectivity index is 0.00000192. The number of hydrogen-bond donors (Lipinski definition) is 1. The fourth-order valence-corrected chi connectivity index (χ4v) is 3.14. The molecule has 0 radical (unpaired) electrons. The molecule has 2 aromatic rings. The summed E-state index contributed by atoms with van der Waals surface area (Å²) in [6, 6.07) is 19.3. The molecule has 1 fully saturated rings. The van der Waals surface area contributed by atoms with Gasteiger partial charge in [-0.25, -0.2) is 0 Å². The first-order chi connectivity index (χ1) is 10.8. The molecule has 3 rings (SSSR count). The molecule has 0 atom stereocenters. The highest BCUT2D eigenvalue weighted by Crippen LogP contribution is 2.19. The van der Waals surface area contributed by atoms with Gasteiger partial charge in [0, 0.05) is 36.4 Å². The lowest BCUT2D eigenvalue weighted by Gasteiger charge is -2.32. The second-order valence-electron chi connectivity index (χ2n) is 6.00. The molecule has 23 heavy (non-hydrogen) atoms. The summed E-state index contributed by atoms with van der Waals surface area (Å²) in [5.74, 6) is 0. The van der Waals surface area contributed by atoms with Gasteiger partial charge in [-0.1, -0.05) is 41.9 Å². The average Bonchev–Trinajstić information content (AvgIpc) is 2.57. The van der Waals surface area contributed by atoms with Crippen molar-refractivity contribution in [3.05, 3.63) is 65.2 Å². The number of nitrogens with one attached hydrogen (secondary N) is 1. The Kier molecular flexibility index (Phi) is 7.22. The second kappa shape index (κ2) is 9.17. The highest BCUT2D eigenvalue weighted by molar-refractivity contribution is 6.30. The third-order valence-corrected chi connectivity index (χ3v) is 4.61. The molecule has 124 valence electrons. The molecule has 1 aliphatic rings. The summed E-state index contributed by atoms with van der Waals surface area (Å²) < 4.78 is 0. The standard InChI is InChI=1S/C19H23ClN2.ClH/c20-17-6-8-18(9-7-17)21-19-11-14-22(15-12-19)13-10-16-4-2-1-3-5-16;/h1-9,19,21H,10-15H2;1H. The Bertz CT molecular complexity index is 564. The number of nitrogens with zero attached hydrogens (tertiary/aromatic N) is 1. The maximum Gasteiger partial charge on any atom is 0.0407 e. The van der Waals surface area contributed by atoms with Crippen LogP contribution in [0.2, 0.25) is 5.02 Å². The molecule has 0 spiro atoms. The fraction of sp³-hybridized carbons (Fsp3) is 0.368. The third-order valence-electron chi connectivity index (χ3n) is 4.36. The van der Waals surface area contributed by atoms with Crippen LogP contribution in [0.4, 0.5) is 5.69 Å². The second-order valence-corrected chi connectivity index (χ2v) is 6.44. The molecule has 1 aliphatic heterocycles. The molecule has 0 aliphatic carbocycles. The van der Waals surface area contributed by atoms with E-state index in [-0.39, 0.29) is 12.4 Å². The molecule has 0 aromatic heterocycles. The molecule has 0 bridgehead atoms. The lowest BCUT2D eigenvalue weighted by molar-refractivity contribution is 0.221. The van der Waals surface area contributed by atoms with Crippen LogP contribution in [-0.4, -0.2) is 30.6 Å². The number of halogens is 2. The minimum atomic E-state index is 0. The molecule has 0 saturated carbocycles. The number of benzene rings is 2. The summed E-state index contributed by atoms with van der Waals surface area (Å²) in [7, 11) is 0. The molecule has 2 aromatic carbocycles. The molecule has 1 heterocycles. The first-order valence-electron chi connectivity index (χ1n) is 8.08. The summed E-state index contributed by atoms with van der Waals surface area (Å²) in [5, 5.41) is 4.41. The highest BCUT2D eigenvalue weighted by Gasteiger charge is 2.18. The van der Waals surface area contributed by atoms with Crippen LogP contribution in [0, 0.1) is 0 Å². The van der Waals surface area contributed by atoms with E-state index >= 15 is 0 Å². The maximum absolute atomic E-state index is 5.92.